The van der Waals surface area contributed by atoms with Crippen molar-refractivity contribution in [2.45, 2.75) is 6.92 Å². The smallest absolute Gasteiger partial charge is 0.339 e. The van der Waals surface area contributed by atoms with Crippen LogP contribution in [0.25, 0.3) is 0 Å². The Balaban J connectivity index is 3.15. The van der Waals surface area contributed by atoms with Gasteiger partial charge in [-0.3, -0.25) is 4.79 Å². The lowest BCUT2D eigenvalue weighted by Gasteiger charge is -2.06. The van der Waals surface area contributed by atoms with Crippen LogP contribution in [-0.2, 0) is 4.74 Å². The Kier molecular flexibility index (Phi) is 4.07. The van der Waals surface area contributed by atoms with E-state index in [9.17, 15) is 9.59 Å². The van der Waals surface area contributed by atoms with E-state index in [-0.39, 0.29) is 0 Å². The third kappa shape index (κ3) is 2.68. The second-order valence-electron chi connectivity index (χ2n) is 2.75. The summed E-state index contributed by atoms with van der Waals surface area (Å²) in [5.41, 5.74) is 5.87. The van der Waals surface area contributed by atoms with Crippen LogP contribution in [0.4, 0.5) is 0 Å². The van der Waals surface area contributed by atoms with Crippen LogP contribution in [0, 0.1) is 3.57 Å². The van der Waals surface area contributed by atoms with Crippen molar-refractivity contribution in [2.24, 2.45) is 5.73 Å². The zero-order chi connectivity index (χ0) is 11.4. The van der Waals surface area contributed by atoms with Crippen LogP contribution in [-0.4, -0.2) is 18.5 Å². The van der Waals surface area contributed by atoms with Gasteiger partial charge in [0.1, 0.15) is 0 Å². The summed E-state index contributed by atoms with van der Waals surface area (Å²) in [6.45, 7) is 2.03. The fraction of sp³-hybridized carbons (Fsp3) is 0.200. The normalized spacial score (nSPS) is 9.73. The topological polar surface area (TPSA) is 69.4 Å². The highest BCUT2D eigenvalue weighted by Crippen LogP contribution is 2.18. The number of hydrogen-bond donors (Lipinski definition) is 1. The Hall–Kier alpha value is -1.11. The summed E-state index contributed by atoms with van der Waals surface area (Å²) in [5, 5.41) is 0. The third-order valence-electron chi connectivity index (χ3n) is 1.76. The highest BCUT2D eigenvalue weighted by molar-refractivity contribution is 14.1. The van der Waals surface area contributed by atoms with Gasteiger partial charge in [0.05, 0.1) is 17.7 Å². The molecule has 0 bridgehead atoms. The van der Waals surface area contributed by atoms with Gasteiger partial charge in [0, 0.05) is 3.57 Å². The number of rotatable bonds is 3. The molecule has 0 saturated heterocycles. The first-order chi connectivity index (χ1) is 7.07. The maximum Gasteiger partial charge on any atom is 0.339 e. The largest absolute Gasteiger partial charge is 0.462 e. The summed E-state index contributed by atoms with van der Waals surface area (Å²) < 4.78 is 5.38. The molecule has 0 aliphatic carbocycles. The fourth-order valence-corrected chi connectivity index (χ4v) is 1.93. The lowest BCUT2D eigenvalue weighted by Crippen LogP contribution is -2.16. The first kappa shape index (κ1) is 12.0. The van der Waals surface area contributed by atoms with Gasteiger partial charge >= 0.3 is 5.97 Å². The highest BCUT2D eigenvalue weighted by atomic mass is 127. The molecule has 2 N–H and O–H groups in total. The Bertz CT molecular complexity index is 404. The molecule has 0 aromatic heterocycles. The zero-order valence-corrected chi connectivity index (χ0v) is 10.3. The highest BCUT2D eigenvalue weighted by Gasteiger charge is 2.15. The van der Waals surface area contributed by atoms with E-state index in [0.29, 0.717) is 21.3 Å². The van der Waals surface area contributed by atoms with Crippen LogP contribution in [0.1, 0.15) is 27.6 Å². The molecule has 5 heteroatoms. The quantitative estimate of drug-likeness (QED) is 0.679. The molecule has 0 saturated carbocycles. The van der Waals surface area contributed by atoms with Crippen LogP contribution in [0.3, 0.4) is 0 Å². The predicted molar refractivity (Wildman–Crippen MR) is 63.6 cm³/mol. The number of primary amides is 1. The van der Waals surface area contributed by atoms with E-state index in [1.807, 2.05) is 22.6 Å². The number of ether oxygens (including phenoxy) is 1. The molecule has 1 amide bonds. The molecule has 0 fully saturated rings. The number of halogens is 1. The van der Waals surface area contributed by atoms with Gasteiger partial charge in [0.25, 0.3) is 0 Å². The van der Waals surface area contributed by atoms with Gasteiger partial charge in [0.15, 0.2) is 0 Å². The standard InChI is InChI=1S/C10H10INO3/c1-2-15-10(14)7-5-3-4-6(8(7)11)9(12)13/h3-5H,2H2,1H3,(H2,12,13). The van der Waals surface area contributed by atoms with Crippen molar-refractivity contribution in [3.05, 3.63) is 32.9 Å². The fourth-order valence-electron chi connectivity index (χ4n) is 1.09. The van der Waals surface area contributed by atoms with E-state index in [2.05, 4.69) is 0 Å². The number of amides is 1. The van der Waals surface area contributed by atoms with Gasteiger partial charge in [-0.25, -0.2) is 4.79 Å². The van der Waals surface area contributed by atoms with Crippen molar-refractivity contribution >= 4 is 34.5 Å². The number of nitrogens with two attached hydrogens (primary N) is 1. The van der Waals surface area contributed by atoms with E-state index in [1.165, 1.54) is 0 Å². The molecule has 0 aliphatic rings. The molecule has 4 nitrogen and oxygen atoms in total. The molecule has 0 atom stereocenters. The van der Waals surface area contributed by atoms with Gasteiger partial charge < -0.3 is 10.5 Å². The van der Waals surface area contributed by atoms with Crippen LogP contribution in [0.2, 0.25) is 0 Å². The van der Waals surface area contributed by atoms with Crippen LogP contribution in [0.15, 0.2) is 18.2 Å². The molecule has 0 aliphatic heterocycles. The minimum Gasteiger partial charge on any atom is -0.462 e. The molecule has 1 aromatic rings. The van der Waals surface area contributed by atoms with Crippen molar-refractivity contribution in [1.29, 1.82) is 0 Å². The molecule has 0 heterocycles. The van der Waals surface area contributed by atoms with Gasteiger partial charge in [-0.1, -0.05) is 6.07 Å². The van der Waals surface area contributed by atoms with Gasteiger partial charge in [-0.15, -0.1) is 0 Å². The molecule has 80 valence electrons. The van der Waals surface area contributed by atoms with E-state index < -0.39 is 11.9 Å². The van der Waals surface area contributed by atoms with Crippen molar-refractivity contribution < 1.29 is 14.3 Å². The van der Waals surface area contributed by atoms with E-state index in [0.717, 1.165) is 0 Å². The number of esters is 1. The molecule has 15 heavy (non-hydrogen) atoms. The lowest BCUT2D eigenvalue weighted by atomic mass is 10.1. The summed E-state index contributed by atoms with van der Waals surface area (Å²) in [4.78, 5) is 22.5. The molecular weight excluding hydrogens is 309 g/mol. The van der Waals surface area contributed by atoms with Crippen LogP contribution in [0.5, 0.6) is 0 Å². The SMILES string of the molecule is CCOC(=O)c1cccc(C(N)=O)c1I. The number of carbonyl (C=O) groups excluding carboxylic acids is 2. The summed E-state index contributed by atoms with van der Waals surface area (Å²) in [5.74, 6) is -0.990. The minimum absolute atomic E-state index is 0.301. The summed E-state index contributed by atoms with van der Waals surface area (Å²) in [7, 11) is 0. The Labute approximate surface area is 101 Å². The maximum absolute atomic E-state index is 11.5. The Morgan fingerprint density at radius 1 is 1.40 bits per heavy atom. The second-order valence-corrected chi connectivity index (χ2v) is 3.83. The van der Waals surface area contributed by atoms with E-state index in [1.54, 1.807) is 25.1 Å². The number of hydrogen-bond acceptors (Lipinski definition) is 3. The van der Waals surface area contributed by atoms with Crippen LogP contribution >= 0.6 is 22.6 Å². The number of carbonyl (C=O) groups is 2. The molecule has 0 radical (unpaired) electrons. The first-order valence-electron chi connectivity index (χ1n) is 4.33. The summed E-state index contributed by atoms with van der Waals surface area (Å²) >= 11 is 1.91. The van der Waals surface area contributed by atoms with Crippen molar-refractivity contribution in [1.82, 2.24) is 0 Å². The van der Waals surface area contributed by atoms with E-state index in [4.69, 9.17) is 10.5 Å². The van der Waals surface area contributed by atoms with Gasteiger partial charge in [-0.2, -0.15) is 0 Å². The summed E-state index contributed by atoms with van der Waals surface area (Å²) in [6.07, 6.45) is 0. The van der Waals surface area contributed by atoms with Crippen molar-refractivity contribution in [3.8, 4) is 0 Å². The summed E-state index contributed by atoms with van der Waals surface area (Å²) in [6, 6.07) is 4.79. The molecule has 1 rings (SSSR count). The van der Waals surface area contributed by atoms with E-state index >= 15 is 0 Å². The zero-order valence-electron chi connectivity index (χ0n) is 8.12. The van der Waals surface area contributed by atoms with Crippen molar-refractivity contribution in [3.63, 3.8) is 0 Å². The first-order valence-corrected chi connectivity index (χ1v) is 5.41. The maximum atomic E-state index is 11.5. The van der Waals surface area contributed by atoms with Gasteiger partial charge in [-0.05, 0) is 41.6 Å². The van der Waals surface area contributed by atoms with Crippen LogP contribution < -0.4 is 5.73 Å². The average molecular weight is 319 g/mol. The number of benzene rings is 1. The van der Waals surface area contributed by atoms with Crippen molar-refractivity contribution in [2.75, 3.05) is 6.61 Å². The monoisotopic (exact) mass is 319 g/mol. The minimum atomic E-state index is -0.550. The molecule has 1 aromatic carbocycles. The molecule has 0 spiro atoms. The second kappa shape index (κ2) is 5.11. The Morgan fingerprint density at radius 3 is 2.53 bits per heavy atom. The average Bonchev–Trinajstić information content (AvgIpc) is 2.17. The Morgan fingerprint density at radius 2 is 2.00 bits per heavy atom. The third-order valence-corrected chi connectivity index (χ3v) is 2.92. The lowest BCUT2D eigenvalue weighted by molar-refractivity contribution is 0.0525. The molecular formula is C10H10INO3. The predicted octanol–water partition coefficient (Wildman–Crippen LogP) is 1.57. The van der Waals surface area contributed by atoms with Gasteiger partial charge in [0.2, 0.25) is 5.91 Å². The molecule has 0 unspecified atom stereocenters.